The summed E-state index contributed by atoms with van der Waals surface area (Å²) in [7, 11) is 1.73. The molecule has 0 N–H and O–H groups in total. The van der Waals surface area contributed by atoms with Crippen LogP contribution in [0.3, 0.4) is 0 Å². The van der Waals surface area contributed by atoms with Crippen molar-refractivity contribution in [3.05, 3.63) is 75.8 Å². The minimum atomic E-state index is 0.231. The zero-order valence-electron chi connectivity index (χ0n) is 21.7. The van der Waals surface area contributed by atoms with Crippen LogP contribution in [0.15, 0.2) is 42.5 Å². The van der Waals surface area contributed by atoms with Gasteiger partial charge in [-0.1, -0.05) is 30.3 Å². The first-order valence-electron chi connectivity index (χ1n) is 13.1. The molecule has 3 aromatic carbocycles. The Labute approximate surface area is 209 Å². The lowest BCUT2D eigenvalue weighted by molar-refractivity contribution is 0.0662. The zero-order chi connectivity index (χ0) is 24.5. The van der Waals surface area contributed by atoms with E-state index in [0.29, 0.717) is 5.92 Å². The molecular weight excluding hydrogens is 432 g/mol. The Morgan fingerprint density at radius 3 is 2.66 bits per heavy atom. The molecule has 1 saturated heterocycles. The predicted molar refractivity (Wildman–Crippen MR) is 144 cm³/mol. The summed E-state index contributed by atoms with van der Waals surface area (Å²) >= 11 is 0. The second-order valence-electron chi connectivity index (χ2n) is 10.6. The molecule has 184 valence electrons. The number of methoxy groups -OCH3 is 1. The molecule has 0 saturated carbocycles. The van der Waals surface area contributed by atoms with Gasteiger partial charge in [-0.2, -0.15) is 0 Å². The number of aryl methyl sites for hydroxylation is 3. The SMILES string of the molecule is COc1ccc2cc(CCN3CCCC(CN4CCc5cc(C)c(C)cc5C4=O)C3)ccc2c1C. The fourth-order valence-corrected chi connectivity index (χ4v) is 5.98. The molecule has 4 heteroatoms. The van der Waals surface area contributed by atoms with Gasteiger partial charge in [-0.05, 0) is 110 Å². The van der Waals surface area contributed by atoms with Gasteiger partial charge < -0.3 is 14.5 Å². The Morgan fingerprint density at radius 2 is 1.83 bits per heavy atom. The normalized spacial score (nSPS) is 18.7. The van der Waals surface area contributed by atoms with Crippen molar-refractivity contribution in [3.8, 4) is 5.75 Å². The molecule has 0 bridgehead atoms. The number of fused-ring (bicyclic) bond motifs is 2. The van der Waals surface area contributed by atoms with E-state index in [4.69, 9.17) is 4.74 Å². The largest absolute Gasteiger partial charge is 0.496 e. The fourth-order valence-electron chi connectivity index (χ4n) is 5.98. The molecule has 35 heavy (non-hydrogen) atoms. The molecule has 2 heterocycles. The molecule has 2 aliphatic heterocycles. The molecule has 2 aliphatic rings. The van der Waals surface area contributed by atoms with Crippen LogP contribution in [0, 0.1) is 26.7 Å². The maximum absolute atomic E-state index is 13.2. The lowest BCUT2D eigenvalue weighted by Crippen LogP contribution is -2.45. The van der Waals surface area contributed by atoms with Gasteiger partial charge in [0.1, 0.15) is 5.75 Å². The monoisotopic (exact) mass is 470 g/mol. The first-order chi connectivity index (χ1) is 16.9. The Morgan fingerprint density at radius 1 is 1.00 bits per heavy atom. The Kier molecular flexibility index (Phi) is 6.84. The van der Waals surface area contributed by atoms with Crippen LogP contribution in [0.2, 0.25) is 0 Å². The summed E-state index contributed by atoms with van der Waals surface area (Å²) in [5.41, 5.74) is 7.24. The van der Waals surface area contributed by atoms with E-state index in [1.165, 1.54) is 51.4 Å². The van der Waals surface area contributed by atoms with Crippen molar-refractivity contribution in [1.82, 2.24) is 9.80 Å². The van der Waals surface area contributed by atoms with E-state index in [1.54, 1.807) is 7.11 Å². The summed E-state index contributed by atoms with van der Waals surface area (Å²) in [5, 5.41) is 2.55. The van der Waals surface area contributed by atoms with Gasteiger partial charge in [0, 0.05) is 31.7 Å². The van der Waals surface area contributed by atoms with Crippen molar-refractivity contribution in [2.75, 3.05) is 39.8 Å². The minimum absolute atomic E-state index is 0.231. The Balaban J connectivity index is 1.19. The first kappa shape index (κ1) is 23.9. The molecule has 4 nitrogen and oxygen atoms in total. The van der Waals surface area contributed by atoms with E-state index in [-0.39, 0.29) is 5.91 Å². The third kappa shape index (κ3) is 4.95. The number of piperidine rings is 1. The van der Waals surface area contributed by atoms with Gasteiger partial charge in [-0.3, -0.25) is 4.79 Å². The average Bonchev–Trinajstić information content (AvgIpc) is 2.86. The average molecular weight is 471 g/mol. The van der Waals surface area contributed by atoms with Crippen LogP contribution in [-0.4, -0.2) is 55.5 Å². The van der Waals surface area contributed by atoms with Crippen molar-refractivity contribution in [3.63, 3.8) is 0 Å². The second-order valence-corrected chi connectivity index (χ2v) is 10.6. The summed E-state index contributed by atoms with van der Waals surface area (Å²) in [6.45, 7) is 11.4. The standard InChI is InChI=1S/C31H38N2O2/c1-21-16-27-12-15-33(31(34)29(27)17-22(21)2)20-25-6-5-13-32(19-25)14-11-24-7-9-28-23(3)30(35-4)10-8-26(28)18-24/h7-10,16-18,25H,5-6,11-15,19-20H2,1-4H3. The Bertz CT molecular complexity index is 1250. The van der Waals surface area contributed by atoms with Crippen molar-refractivity contribution in [2.24, 2.45) is 5.92 Å². The van der Waals surface area contributed by atoms with Crippen molar-refractivity contribution in [2.45, 2.75) is 46.5 Å². The Hall–Kier alpha value is -2.85. The number of likely N-dealkylation sites (tertiary alicyclic amines) is 1. The van der Waals surface area contributed by atoms with Gasteiger partial charge >= 0.3 is 0 Å². The number of hydrogen-bond donors (Lipinski definition) is 0. The van der Waals surface area contributed by atoms with Gasteiger partial charge in [0.15, 0.2) is 0 Å². The van der Waals surface area contributed by atoms with Gasteiger partial charge in [-0.25, -0.2) is 0 Å². The smallest absolute Gasteiger partial charge is 0.254 e. The topological polar surface area (TPSA) is 32.8 Å². The highest BCUT2D eigenvalue weighted by Crippen LogP contribution is 2.29. The minimum Gasteiger partial charge on any atom is -0.496 e. The van der Waals surface area contributed by atoms with Gasteiger partial charge in [0.2, 0.25) is 0 Å². The highest BCUT2D eigenvalue weighted by molar-refractivity contribution is 5.97. The van der Waals surface area contributed by atoms with Crippen LogP contribution in [0.25, 0.3) is 10.8 Å². The molecule has 1 amide bonds. The van der Waals surface area contributed by atoms with Crippen LogP contribution < -0.4 is 4.74 Å². The van der Waals surface area contributed by atoms with Crippen LogP contribution in [0.5, 0.6) is 5.75 Å². The molecular formula is C31H38N2O2. The molecule has 1 fully saturated rings. The number of carbonyl (C=O) groups excluding carboxylic acids is 1. The lowest BCUT2D eigenvalue weighted by atomic mass is 9.92. The van der Waals surface area contributed by atoms with Gasteiger partial charge in [-0.15, -0.1) is 0 Å². The number of carbonyl (C=O) groups is 1. The van der Waals surface area contributed by atoms with Crippen LogP contribution in [0.4, 0.5) is 0 Å². The second kappa shape index (κ2) is 10.0. The zero-order valence-corrected chi connectivity index (χ0v) is 21.7. The van der Waals surface area contributed by atoms with E-state index >= 15 is 0 Å². The third-order valence-electron chi connectivity index (χ3n) is 8.21. The van der Waals surface area contributed by atoms with E-state index in [2.05, 4.69) is 73.0 Å². The third-order valence-corrected chi connectivity index (χ3v) is 8.21. The molecule has 0 spiro atoms. The van der Waals surface area contributed by atoms with Gasteiger partial charge in [0.05, 0.1) is 7.11 Å². The molecule has 0 aromatic heterocycles. The fraction of sp³-hybridized carbons (Fsp3) is 0.452. The number of ether oxygens (including phenoxy) is 1. The molecule has 5 rings (SSSR count). The van der Waals surface area contributed by atoms with E-state index in [1.807, 2.05) is 0 Å². The molecule has 1 unspecified atom stereocenters. The number of benzene rings is 3. The predicted octanol–water partition coefficient (Wildman–Crippen LogP) is 5.73. The number of hydrogen-bond acceptors (Lipinski definition) is 3. The van der Waals surface area contributed by atoms with E-state index in [0.717, 1.165) is 56.9 Å². The van der Waals surface area contributed by atoms with Crippen LogP contribution >= 0.6 is 0 Å². The summed E-state index contributed by atoms with van der Waals surface area (Å²) in [4.78, 5) is 17.9. The van der Waals surface area contributed by atoms with Crippen LogP contribution in [-0.2, 0) is 12.8 Å². The maximum atomic E-state index is 13.2. The summed E-state index contributed by atoms with van der Waals surface area (Å²) in [6.07, 6.45) is 4.48. The van der Waals surface area contributed by atoms with E-state index in [9.17, 15) is 4.79 Å². The van der Waals surface area contributed by atoms with Crippen LogP contribution in [0.1, 0.15) is 51.0 Å². The number of rotatable bonds is 6. The van der Waals surface area contributed by atoms with Gasteiger partial charge in [0.25, 0.3) is 5.91 Å². The molecule has 0 radical (unpaired) electrons. The molecule has 0 aliphatic carbocycles. The van der Waals surface area contributed by atoms with Crippen molar-refractivity contribution < 1.29 is 9.53 Å². The summed E-state index contributed by atoms with van der Waals surface area (Å²) in [5.74, 6) is 1.74. The summed E-state index contributed by atoms with van der Waals surface area (Å²) < 4.78 is 5.48. The highest BCUT2D eigenvalue weighted by Gasteiger charge is 2.29. The first-order valence-corrected chi connectivity index (χ1v) is 13.1. The lowest BCUT2D eigenvalue weighted by Gasteiger charge is -2.37. The molecule has 1 atom stereocenters. The quantitative estimate of drug-likeness (QED) is 0.461. The highest BCUT2D eigenvalue weighted by atomic mass is 16.5. The van der Waals surface area contributed by atoms with Crippen molar-refractivity contribution >= 4 is 16.7 Å². The number of amides is 1. The number of nitrogens with zero attached hydrogens (tertiary/aromatic N) is 2. The van der Waals surface area contributed by atoms with Crippen molar-refractivity contribution in [1.29, 1.82) is 0 Å². The summed E-state index contributed by atoms with van der Waals surface area (Å²) in [6, 6.07) is 15.4. The maximum Gasteiger partial charge on any atom is 0.254 e. The van der Waals surface area contributed by atoms with E-state index < -0.39 is 0 Å². The molecule has 3 aromatic rings.